The molecule has 2 N–H and O–H groups in total. The summed E-state index contributed by atoms with van der Waals surface area (Å²) in [6.07, 6.45) is 0. The van der Waals surface area contributed by atoms with Gasteiger partial charge in [0.25, 0.3) is 0 Å². The predicted molar refractivity (Wildman–Crippen MR) is 90.1 cm³/mol. The zero-order chi connectivity index (χ0) is 15.4. The van der Waals surface area contributed by atoms with E-state index in [4.69, 9.17) is 9.47 Å². The van der Waals surface area contributed by atoms with E-state index >= 15 is 0 Å². The maximum atomic E-state index is 9.44. The van der Waals surface area contributed by atoms with Gasteiger partial charge in [-0.25, -0.2) is 0 Å². The monoisotopic (exact) mass is 330 g/mol. The van der Waals surface area contributed by atoms with Gasteiger partial charge in [0.2, 0.25) is 0 Å². The number of aromatic hydroxyl groups is 2. The van der Waals surface area contributed by atoms with Crippen LogP contribution in [-0.4, -0.2) is 10.2 Å². The Kier molecular flexibility index (Phi) is 5.33. The summed E-state index contributed by atoms with van der Waals surface area (Å²) in [5, 5.41) is 18.9. The molecule has 0 aliphatic carbocycles. The highest BCUT2D eigenvalue weighted by molar-refractivity contribution is 5.85. The Balaban J connectivity index is 0.00000192. The Morgan fingerprint density at radius 1 is 0.522 bits per heavy atom. The Hall–Kier alpha value is -2.85. The van der Waals surface area contributed by atoms with Crippen molar-refractivity contribution in [1.82, 2.24) is 0 Å². The SMILES string of the molecule is Cl.Oc1cccc(Oc2cccc(Oc3cccc(O)c3)c2)c1. The van der Waals surface area contributed by atoms with Crippen molar-refractivity contribution in [3.63, 3.8) is 0 Å². The van der Waals surface area contributed by atoms with E-state index in [2.05, 4.69) is 0 Å². The minimum Gasteiger partial charge on any atom is -0.508 e. The number of benzene rings is 3. The number of rotatable bonds is 4. The summed E-state index contributed by atoms with van der Waals surface area (Å²) < 4.78 is 11.3. The molecule has 0 saturated heterocycles. The van der Waals surface area contributed by atoms with Crippen molar-refractivity contribution >= 4 is 12.4 Å². The van der Waals surface area contributed by atoms with Gasteiger partial charge in [0.05, 0.1) is 0 Å². The zero-order valence-corrected chi connectivity index (χ0v) is 12.9. The molecule has 0 amide bonds. The maximum absolute atomic E-state index is 9.44. The lowest BCUT2D eigenvalue weighted by atomic mass is 10.3. The quantitative estimate of drug-likeness (QED) is 0.698. The summed E-state index contributed by atoms with van der Waals surface area (Å²) in [4.78, 5) is 0. The van der Waals surface area contributed by atoms with E-state index in [0.717, 1.165) is 0 Å². The van der Waals surface area contributed by atoms with Crippen LogP contribution >= 0.6 is 12.4 Å². The maximum Gasteiger partial charge on any atom is 0.131 e. The Bertz CT molecular complexity index is 726. The standard InChI is InChI=1S/C18H14O4.ClH/c19-13-4-1-6-15(10-13)21-17-8-3-9-18(12-17)22-16-7-2-5-14(20)11-16;/h1-12,19-20H;1H. The van der Waals surface area contributed by atoms with Gasteiger partial charge in [0.15, 0.2) is 0 Å². The number of hydrogen-bond acceptors (Lipinski definition) is 4. The van der Waals surface area contributed by atoms with Gasteiger partial charge in [-0.3, -0.25) is 0 Å². The van der Waals surface area contributed by atoms with Crippen molar-refractivity contribution < 1.29 is 19.7 Å². The van der Waals surface area contributed by atoms with Gasteiger partial charge in [-0.05, 0) is 36.4 Å². The van der Waals surface area contributed by atoms with Crippen LogP contribution in [-0.2, 0) is 0 Å². The second-order valence-electron chi connectivity index (χ2n) is 4.67. The summed E-state index contributed by atoms with van der Waals surface area (Å²) in [6, 6.07) is 20.2. The molecule has 0 aromatic heterocycles. The van der Waals surface area contributed by atoms with Gasteiger partial charge in [0, 0.05) is 18.2 Å². The van der Waals surface area contributed by atoms with Gasteiger partial charge in [-0.1, -0.05) is 18.2 Å². The molecule has 0 unspecified atom stereocenters. The number of ether oxygens (including phenoxy) is 2. The normalized spacial score (nSPS) is 9.74. The number of phenolic OH excluding ortho intramolecular Hbond substituents is 2. The van der Waals surface area contributed by atoms with Crippen LogP contribution in [0.1, 0.15) is 0 Å². The molecule has 3 aromatic rings. The fourth-order valence-corrected chi connectivity index (χ4v) is 1.97. The van der Waals surface area contributed by atoms with Crippen molar-refractivity contribution in [2.45, 2.75) is 0 Å². The number of halogens is 1. The molecule has 0 radical (unpaired) electrons. The van der Waals surface area contributed by atoms with Crippen molar-refractivity contribution in [2.75, 3.05) is 0 Å². The Morgan fingerprint density at radius 2 is 0.870 bits per heavy atom. The molecule has 3 rings (SSSR count). The first-order chi connectivity index (χ1) is 10.7. The molecule has 5 heteroatoms. The van der Waals surface area contributed by atoms with Crippen LogP contribution in [0.3, 0.4) is 0 Å². The Morgan fingerprint density at radius 3 is 1.26 bits per heavy atom. The molecule has 0 saturated carbocycles. The lowest BCUT2D eigenvalue weighted by molar-refractivity contribution is 0.444. The van der Waals surface area contributed by atoms with Crippen LogP contribution in [0.25, 0.3) is 0 Å². The van der Waals surface area contributed by atoms with Crippen molar-refractivity contribution in [1.29, 1.82) is 0 Å². The molecule has 0 fully saturated rings. The van der Waals surface area contributed by atoms with Gasteiger partial charge in [0.1, 0.15) is 34.5 Å². The van der Waals surface area contributed by atoms with Crippen LogP contribution in [0.2, 0.25) is 0 Å². The third-order valence-electron chi connectivity index (χ3n) is 2.91. The Labute approximate surface area is 140 Å². The van der Waals surface area contributed by atoms with Crippen molar-refractivity contribution in [3.8, 4) is 34.5 Å². The second-order valence-corrected chi connectivity index (χ2v) is 4.67. The zero-order valence-electron chi connectivity index (χ0n) is 12.0. The van der Waals surface area contributed by atoms with E-state index in [-0.39, 0.29) is 23.9 Å². The lowest BCUT2D eigenvalue weighted by Crippen LogP contribution is -1.87. The minimum atomic E-state index is 0. The fraction of sp³-hybridized carbons (Fsp3) is 0. The highest BCUT2D eigenvalue weighted by Gasteiger charge is 2.03. The molecule has 118 valence electrons. The van der Waals surface area contributed by atoms with Gasteiger partial charge in [-0.2, -0.15) is 0 Å². The van der Waals surface area contributed by atoms with E-state index in [1.807, 2.05) is 0 Å². The third-order valence-corrected chi connectivity index (χ3v) is 2.91. The molecule has 3 aromatic carbocycles. The molecular weight excluding hydrogens is 316 g/mol. The molecule has 23 heavy (non-hydrogen) atoms. The van der Waals surface area contributed by atoms with Crippen LogP contribution in [0, 0.1) is 0 Å². The molecule has 0 bridgehead atoms. The first-order valence-electron chi connectivity index (χ1n) is 6.73. The van der Waals surface area contributed by atoms with E-state index in [9.17, 15) is 10.2 Å². The van der Waals surface area contributed by atoms with Crippen LogP contribution in [0.4, 0.5) is 0 Å². The molecule has 0 heterocycles. The molecule has 0 aliphatic heterocycles. The average molecular weight is 331 g/mol. The van der Waals surface area contributed by atoms with E-state index < -0.39 is 0 Å². The number of hydrogen-bond donors (Lipinski definition) is 2. The third kappa shape index (κ3) is 4.56. The summed E-state index contributed by atoms with van der Waals surface area (Å²) >= 11 is 0. The summed E-state index contributed by atoms with van der Waals surface area (Å²) in [5.41, 5.74) is 0. The van der Waals surface area contributed by atoms with Crippen molar-refractivity contribution in [3.05, 3.63) is 72.8 Å². The average Bonchev–Trinajstić information content (AvgIpc) is 2.47. The van der Waals surface area contributed by atoms with Gasteiger partial charge < -0.3 is 19.7 Å². The van der Waals surface area contributed by atoms with E-state index in [1.54, 1.807) is 60.7 Å². The molecule has 0 atom stereocenters. The highest BCUT2D eigenvalue weighted by atomic mass is 35.5. The fourth-order valence-electron chi connectivity index (χ4n) is 1.97. The first-order valence-corrected chi connectivity index (χ1v) is 6.73. The van der Waals surface area contributed by atoms with Crippen LogP contribution in [0.15, 0.2) is 72.8 Å². The smallest absolute Gasteiger partial charge is 0.131 e. The second kappa shape index (κ2) is 7.42. The van der Waals surface area contributed by atoms with Gasteiger partial charge >= 0.3 is 0 Å². The van der Waals surface area contributed by atoms with Crippen LogP contribution in [0.5, 0.6) is 34.5 Å². The number of phenols is 2. The van der Waals surface area contributed by atoms with Crippen molar-refractivity contribution in [2.24, 2.45) is 0 Å². The predicted octanol–water partition coefficient (Wildman–Crippen LogP) is 5.10. The van der Waals surface area contributed by atoms with Crippen LogP contribution < -0.4 is 9.47 Å². The first kappa shape index (κ1) is 16.5. The van der Waals surface area contributed by atoms with Gasteiger partial charge in [-0.15, -0.1) is 12.4 Å². The van der Waals surface area contributed by atoms with E-state index in [1.165, 1.54) is 12.1 Å². The van der Waals surface area contributed by atoms with E-state index in [0.29, 0.717) is 23.0 Å². The highest BCUT2D eigenvalue weighted by Crippen LogP contribution is 2.30. The summed E-state index contributed by atoms with van der Waals surface area (Å²) in [7, 11) is 0. The molecule has 0 spiro atoms. The topological polar surface area (TPSA) is 58.9 Å². The minimum absolute atomic E-state index is 0. The molecular formula is C18H15ClO4. The largest absolute Gasteiger partial charge is 0.508 e. The molecule has 4 nitrogen and oxygen atoms in total. The molecule has 0 aliphatic rings. The summed E-state index contributed by atoms with van der Waals surface area (Å²) in [5.74, 6) is 2.53. The summed E-state index contributed by atoms with van der Waals surface area (Å²) in [6.45, 7) is 0. The lowest BCUT2D eigenvalue weighted by Gasteiger charge is -2.09.